The van der Waals surface area contributed by atoms with Crippen molar-refractivity contribution in [3.05, 3.63) is 0 Å². The molecule has 0 saturated carbocycles. The predicted molar refractivity (Wildman–Crippen MR) is 61.1 cm³/mol. The van der Waals surface area contributed by atoms with Gasteiger partial charge in [0.2, 0.25) is 0 Å². The van der Waals surface area contributed by atoms with Gasteiger partial charge in [-0.15, -0.1) is 0 Å². The molecule has 5 N–H and O–H groups in total. The molecule has 0 aliphatic rings. The highest BCUT2D eigenvalue weighted by atomic mass is 31.2. The van der Waals surface area contributed by atoms with Gasteiger partial charge in [0, 0.05) is 0 Å². The molecule has 14 heavy (non-hydrogen) atoms. The van der Waals surface area contributed by atoms with Crippen LogP contribution in [0, 0.1) is 0 Å². The van der Waals surface area contributed by atoms with Gasteiger partial charge in [-0.2, -0.15) is 0 Å². The summed E-state index contributed by atoms with van der Waals surface area (Å²) in [6, 6.07) is 0.574. The summed E-state index contributed by atoms with van der Waals surface area (Å²) < 4.78 is 9.64. The van der Waals surface area contributed by atoms with Crippen molar-refractivity contribution in [1.82, 2.24) is 0 Å². The molecule has 0 aromatic heterocycles. The second kappa shape index (κ2) is 6.30. The number of rotatable bonds is 7. The molecule has 86 valence electrons. The van der Waals surface area contributed by atoms with Crippen LogP contribution in [0.3, 0.4) is 0 Å². The highest BCUT2D eigenvalue weighted by molar-refractivity contribution is 7.58. The van der Waals surface area contributed by atoms with Gasteiger partial charge in [0.1, 0.15) is 0 Å². The number of hydrogen-bond donors (Lipinski definition) is 5. The first-order chi connectivity index (χ1) is 6.43. The first-order valence-corrected chi connectivity index (χ1v) is 10.2. The molecule has 10 heteroatoms. The Balaban J connectivity index is 4.47. The molecule has 0 rings (SSSR count). The summed E-state index contributed by atoms with van der Waals surface area (Å²) in [5.74, 6) is 0. The minimum absolute atomic E-state index is 0.149. The van der Waals surface area contributed by atoms with E-state index in [0.29, 0.717) is 12.5 Å². The van der Waals surface area contributed by atoms with E-state index in [1.165, 1.54) is 0 Å². The molecule has 0 aliphatic heterocycles. The number of hydrogen-bond acceptors (Lipinski definition) is 4. The zero-order chi connectivity index (χ0) is 11.2. The van der Waals surface area contributed by atoms with Crippen molar-refractivity contribution in [2.75, 3.05) is 0 Å². The monoisotopic (exact) mass is 276 g/mol. The van der Waals surface area contributed by atoms with Crippen molar-refractivity contribution in [1.29, 1.82) is 0 Å². The van der Waals surface area contributed by atoms with Gasteiger partial charge in [-0.1, -0.05) is 6.42 Å². The van der Waals surface area contributed by atoms with Gasteiger partial charge in [-0.25, -0.2) is 0 Å². The van der Waals surface area contributed by atoms with Crippen LogP contribution in [0.15, 0.2) is 0 Å². The predicted octanol–water partition coefficient (Wildman–Crippen LogP) is -3.76. The van der Waals surface area contributed by atoms with Crippen molar-refractivity contribution in [2.45, 2.75) is 23.3 Å². The minimum Gasteiger partial charge on any atom is -0.438 e. The van der Waals surface area contributed by atoms with Gasteiger partial charge in [-0.3, -0.25) is 4.57 Å². The molecule has 0 bridgehead atoms. The largest absolute Gasteiger partial charge is 0.438 e. The maximum absolute atomic E-state index is 11.1. The highest BCUT2D eigenvalue weighted by Gasteiger charge is 2.46. The van der Waals surface area contributed by atoms with Crippen LogP contribution in [0.2, 0.25) is 6.04 Å². The summed E-state index contributed by atoms with van der Waals surface area (Å²) in [4.78, 5) is 44.9. The van der Waals surface area contributed by atoms with Crippen molar-refractivity contribution in [3.63, 3.8) is 0 Å². The second-order valence-electron chi connectivity index (χ2n) is 3.27. The normalized spacial score (nSPS) is 19.2. The molecule has 0 unspecified atom stereocenters. The Kier molecular flexibility index (Phi) is 6.61. The topological polar surface area (TPSA) is 118 Å². The second-order valence-corrected chi connectivity index (χ2v) is 12.0. The van der Waals surface area contributed by atoms with Crippen molar-refractivity contribution < 1.29 is 28.7 Å². The van der Waals surface area contributed by atoms with Gasteiger partial charge in [-0.05, 0) is 12.5 Å². The lowest BCUT2D eigenvalue weighted by atomic mass is 10.4. The van der Waals surface area contributed by atoms with E-state index in [2.05, 4.69) is 0 Å². The third kappa shape index (κ3) is 3.68. The summed E-state index contributed by atoms with van der Waals surface area (Å²) in [5, 5.41) is 0. The Morgan fingerprint density at radius 1 is 1.14 bits per heavy atom. The summed E-state index contributed by atoms with van der Waals surface area (Å²) >= 11 is 0. The molecule has 6 nitrogen and oxygen atoms in total. The standard InChI is InChI=1S/C4H17O6PSi3/c5-11(6,7)4(13-9,14-10)2-1-3-12-8/h8-10H,1-3,12-14H2,(H2,5,6,7). The Hall–Kier alpha value is 0.681. The van der Waals surface area contributed by atoms with Gasteiger partial charge in [0.15, 0.2) is 29.3 Å². The summed E-state index contributed by atoms with van der Waals surface area (Å²) in [6.45, 7) is 0. The van der Waals surface area contributed by atoms with E-state index in [4.69, 9.17) is 24.2 Å². The molecule has 0 aromatic rings. The van der Waals surface area contributed by atoms with Gasteiger partial charge < -0.3 is 24.2 Å². The van der Waals surface area contributed by atoms with Crippen LogP contribution in [0.5, 0.6) is 0 Å². The maximum atomic E-state index is 11.1. The first kappa shape index (κ1) is 14.7. The fourth-order valence-corrected chi connectivity index (χ4v) is 4.72. The Morgan fingerprint density at radius 3 is 1.93 bits per heavy atom. The van der Waals surface area contributed by atoms with Crippen molar-refractivity contribution in [2.24, 2.45) is 0 Å². The Labute approximate surface area is 89.4 Å². The fourth-order valence-electron chi connectivity index (χ4n) is 1.10. The van der Waals surface area contributed by atoms with Crippen LogP contribution in [-0.4, -0.2) is 57.9 Å². The molecule has 0 atom stereocenters. The van der Waals surface area contributed by atoms with Crippen LogP contribution in [0.4, 0.5) is 0 Å². The average molecular weight is 276 g/mol. The SMILES string of the molecule is O=P(O)(O)C(CCC[SiH2]O)([SiH2]O)[SiH2]O. The van der Waals surface area contributed by atoms with Gasteiger partial charge in [0.25, 0.3) is 0 Å². The summed E-state index contributed by atoms with van der Waals surface area (Å²) in [5.41, 5.74) is 0. The van der Waals surface area contributed by atoms with Crippen LogP contribution < -0.4 is 0 Å². The van der Waals surface area contributed by atoms with Crippen LogP contribution >= 0.6 is 7.60 Å². The van der Waals surface area contributed by atoms with Crippen LogP contribution in [0.1, 0.15) is 12.8 Å². The molecule has 0 aliphatic carbocycles. The van der Waals surface area contributed by atoms with E-state index < -0.39 is 41.3 Å². The zero-order valence-electron chi connectivity index (χ0n) is 7.83. The lowest BCUT2D eigenvalue weighted by molar-refractivity contribution is 0.351. The zero-order valence-corrected chi connectivity index (χ0v) is 13.0. The maximum Gasteiger partial charge on any atom is 0.329 e. The Bertz CT molecular complexity index is 203. The van der Waals surface area contributed by atoms with E-state index in [1.54, 1.807) is 0 Å². The Morgan fingerprint density at radius 2 is 1.64 bits per heavy atom. The summed E-state index contributed by atoms with van der Waals surface area (Å²) in [7, 11) is -9.35. The van der Waals surface area contributed by atoms with Crippen LogP contribution in [0.25, 0.3) is 0 Å². The molecule has 0 fully saturated rings. The third-order valence-corrected chi connectivity index (χ3v) is 11.1. The highest BCUT2D eigenvalue weighted by Crippen LogP contribution is 2.51. The molecule has 0 amide bonds. The molecular formula is C4H17O6PSi3. The van der Waals surface area contributed by atoms with E-state index in [0.717, 1.165) is 0 Å². The quantitative estimate of drug-likeness (QED) is 0.185. The lowest BCUT2D eigenvalue weighted by Crippen LogP contribution is -2.42. The molecule has 0 aromatic carbocycles. The molecular weight excluding hydrogens is 259 g/mol. The fraction of sp³-hybridized carbons (Fsp3) is 1.00. The third-order valence-electron chi connectivity index (χ3n) is 2.26. The van der Waals surface area contributed by atoms with Gasteiger partial charge >= 0.3 is 7.60 Å². The van der Waals surface area contributed by atoms with E-state index in [-0.39, 0.29) is 6.42 Å². The lowest BCUT2D eigenvalue weighted by Gasteiger charge is -2.29. The smallest absolute Gasteiger partial charge is 0.329 e. The van der Waals surface area contributed by atoms with E-state index in [1.807, 2.05) is 0 Å². The molecule has 0 saturated heterocycles. The molecule has 0 heterocycles. The average Bonchev–Trinajstić information content (AvgIpc) is 2.11. The molecule has 0 radical (unpaired) electrons. The summed E-state index contributed by atoms with van der Waals surface area (Å²) in [6.07, 6.45) is 0.630. The first-order valence-electron chi connectivity index (χ1n) is 4.32. The van der Waals surface area contributed by atoms with E-state index in [9.17, 15) is 4.57 Å². The van der Waals surface area contributed by atoms with Crippen molar-refractivity contribution in [3.8, 4) is 0 Å². The van der Waals surface area contributed by atoms with Crippen molar-refractivity contribution >= 4 is 36.9 Å². The molecule has 0 spiro atoms. The van der Waals surface area contributed by atoms with E-state index >= 15 is 0 Å². The van der Waals surface area contributed by atoms with Crippen LogP contribution in [-0.2, 0) is 4.57 Å². The van der Waals surface area contributed by atoms with Gasteiger partial charge in [0.05, 0.1) is 4.40 Å². The minimum atomic E-state index is -4.39.